The molecule has 7 heteroatoms. The van der Waals surface area contributed by atoms with Gasteiger partial charge in [-0.15, -0.1) is 0 Å². The Bertz CT molecular complexity index is 615. The maximum atomic E-state index is 11.9. The van der Waals surface area contributed by atoms with Gasteiger partial charge in [0.15, 0.2) is 0 Å². The Labute approximate surface area is 134 Å². The van der Waals surface area contributed by atoms with Crippen LogP contribution in [0.25, 0.3) is 0 Å². The van der Waals surface area contributed by atoms with E-state index in [2.05, 4.69) is 16.0 Å². The van der Waals surface area contributed by atoms with E-state index < -0.39 is 6.04 Å². The molecule has 124 valence electrons. The summed E-state index contributed by atoms with van der Waals surface area (Å²) in [5.41, 5.74) is 1.57. The molecule has 0 bridgehead atoms. The summed E-state index contributed by atoms with van der Waals surface area (Å²) >= 11 is 0. The molecule has 1 aliphatic rings. The van der Waals surface area contributed by atoms with Crippen LogP contribution in [0.2, 0.25) is 0 Å². The highest BCUT2D eigenvalue weighted by molar-refractivity contribution is 5.90. The van der Waals surface area contributed by atoms with Gasteiger partial charge in [0.25, 0.3) is 0 Å². The van der Waals surface area contributed by atoms with Gasteiger partial charge in [0, 0.05) is 25.6 Å². The minimum Gasteiger partial charge on any atom is -0.496 e. The number of hydrogen-bond donors (Lipinski definition) is 3. The van der Waals surface area contributed by atoms with Crippen LogP contribution in [0, 0.1) is 0 Å². The third-order valence-corrected chi connectivity index (χ3v) is 3.61. The van der Waals surface area contributed by atoms with Crippen LogP contribution in [0.3, 0.4) is 0 Å². The van der Waals surface area contributed by atoms with Crippen LogP contribution >= 0.6 is 0 Å². The van der Waals surface area contributed by atoms with Gasteiger partial charge in [0.1, 0.15) is 11.8 Å². The van der Waals surface area contributed by atoms with E-state index in [1.807, 2.05) is 6.07 Å². The summed E-state index contributed by atoms with van der Waals surface area (Å²) in [6.07, 6.45) is 1.49. The molecule has 3 amide bonds. The van der Waals surface area contributed by atoms with Crippen molar-refractivity contribution in [1.82, 2.24) is 10.6 Å². The van der Waals surface area contributed by atoms with Crippen molar-refractivity contribution in [1.29, 1.82) is 0 Å². The minimum atomic E-state index is -0.435. The number of methoxy groups -OCH3 is 1. The van der Waals surface area contributed by atoms with E-state index >= 15 is 0 Å². The highest BCUT2D eigenvalue weighted by Gasteiger charge is 2.26. The topological polar surface area (TPSA) is 96.5 Å². The van der Waals surface area contributed by atoms with E-state index in [1.54, 1.807) is 19.2 Å². The molecule has 2 rings (SSSR count). The second-order valence-corrected chi connectivity index (χ2v) is 5.41. The Balaban J connectivity index is 1.92. The van der Waals surface area contributed by atoms with E-state index in [9.17, 15) is 14.4 Å². The van der Waals surface area contributed by atoms with Crippen LogP contribution in [-0.4, -0.2) is 37.4 Å². The number of carbonyl (C=O) groups excluding carboxylic acids is 3. The number of nitrogens with one attached hydrogen (secondary N) is 3. The normalized spacial score (nSPS) is 16.6. The first kappa shape index (κ1) is 16.8. The Hall–Kier alpha value is -2.57. The molecule has 0 aliphatic carbocycles. The van der Waals surface area contributed by atoms with E-state index in [0.717, 1.165) is 5.56 Å². The first-order chi connectivity index (χ1) is 11.0. The van der Waals surface area contributed by atoms with Crippen molar-refractivity contribution >= 4 is 23.4 Å². The van der Waals surface area contributed by atoms with Crippen molar-refractivity contribution in [3.05, 3.63) is 23.8 Å². The van der Waals surface area contributed by atoms with Crippen LogP contribution in [-0.2, 0) is 20.8 Å². The van der Waals surface area contributed by atoms with Gasteiger partial charge >= 0.3 is 0 Å². The third kappa shape index (κ3) is 4.70. The second kappa shape index (κ2) is 7.62. The number of carbonyl (C=O) groups is 3. The molecule has 1 fully saturated rings. The standard InChI is InChI=1S/C16H21N3O4/c1-10(20)18-12-3-5-14(23-2)11(9-12)7-8-17-16(22)13-4-6-15(21)19-13/h3,5,9,13H,4,6-8H2,1-2H3,(H,17,22)(H,18,20)(H,19,21). The van der Waals surface area contributed by atoms with Crippen LogP contribution < -0.4 is 20.7 Å². The summed E-state index contributed by atoms with van der Waals surface area (Å²) in [7, 11) is 1.57. The largest absolute Gasteiger partial charge is 0.496 e. The number of ether oxygens (including phenoxy) is 1. The van der Waals surface area contributed by atoms with Gasteiger partial charge < -0.3 is 20.7 Å². The van der Waals surface area contributed by atoms with Crippen molar-refractivity contribution in [3.63, 3.8) is 0 Å². The molecule has 7 nitrogen and oxygen atoms in total. The lowest BCUT2D eigenvalue weighted by atomic mass is 10.1. The zero-order valence-electron chi connectivity index (χ0n) is 13.3. The average molecular weight is 319 g/mol. The molecule has 3 N–H and O–H groups in total. The smallest absolute Gasteiger partial charge is 0.242 e. The summed E-state index contributed by atoms with van der Waals surface area (Å²) in [4.78, 5) is 34.2. The van der Waals surface area contributed by atoms with E-state index in [-0.39, 0.29) is 17.7 Å². The summed E-state index contributed by atoms with van der Waals surface area (Å²) in [5, 5.41) is 8.16. The van der Waals surface area contributed by atoms with Crippen LogP contribution in [0.1, 0.15) is 25.3 Å². The monoisotopic (exact) mass is 319 g/mol. The Kier molecular flexibility index (Phi) is 5.56. The molecular weight excluding hydrogens is 298 g/mol. The molecule has 0 saturated carbocycles. The molecule has 0 aromatic heterocycles. The lowest BCUT2D eigenvalue weighted by molar-refractivity contribution is -0.125. The van der Waals surface area contributed by atoms with E-state index in [0.29, 0.717) is 37.2 Å². The fourth-order valence-corrected chi connectivity index (χ4v) is 2.51. The zero-order valence-corrected chi connectivity index (χ0v) is 13.3. The molecule has 1 unspecified atom stereocenters. The maximum Gasteiger partial charge on any atom is 0.242 e. The van der Waals surface area contributed by atoms with Crippen molar-refractivity contribution in [2.45, 2.75) is 32.2 Å². The SMILES string of the molecule is COc1ccc(NC(C)=O)cc1CCNC(=O)C1CCC(=O)N1. The van der Waals surface area contributed by atoms with Gasteiger partial charge in [-0.05, 0) is 36.6 Å². The maximum absolute atomic E-state index is 11.9. The van der Waals surface area contributed by atoms with Crippen LogP contribution in [0.15, 0.2) is 18.2 Å². The fraction of sp³-hybridized carbons (Fsp3) is 0.438. The van der Waals surface area contributed by atoms with Crippen molar-refractivity contribution in [2.24, 2.45) is 0 Å². The highest BCUT2D eigenvalue weighted by Crippen LogP contribution is 2.23. The van der Waals surface area contributed by atoms with Gasteiger partial charge in [-0.25, -0.2) is 0 Å². The Morgan fingerprint density at radius 1 is 1.39 bits per heavy atom. The van der Waals surface area contributed by atoms with Gasteiger partial charge in [-0.3, -0.25) is 14.4 Å². The molecule has 1 aromatic carbocycles. The Morgan fingerprint density at radius 2 is 2.17 bits per heavy atom. The molecule has 1 aromatic rings. The first-order valence-electron chi connectivity index (χ1n) is 7.51. The second-order valence-electron chi connectivity index (χ2n) is 5.41. The van der Waals surface area contributed by atoms with Gasteiger partial charge in [-0.2, -0.15) is 0 Å². The molecule has 1 atom stereocenters. The number of hydrogen-bond acceptors (Lipinski definition) is 4. The molecule has 1 aliphatic heterocycles. The fourth-order valence-electron chi connectivity index (χ4n) is 2.51. The molecular formula is C16H21N3O4. The van der Waals surface area contributed by atoms with Crippen LogP contribution in [0.5, 0.6) is 5.75 Å². The minimum absolute atomic E-state index is 0.0881. The summed E-state index contributed by atoms with van der Waals surface area (Å²) in [6, 6.07) is 4.93. The van der Waals surface area contributed by atoms with Crippen molar-refractivity contribution in [3.8, 4) is 5.75 Å². The summed E-state index contributed by atoms with van der Waals surface area (Å²) in [6.45, 7) is 1.87. The van der Waals surface area contributed by atoms with E-state index in [4.69, 9.17) is 4.74 Å². The number of anilines is 1. The van der Waals surface area contributed by atoms with Gasteiger partial charge in [0.2, 0.25) is 17.7 Å². The van der Waals surface area contributed by atoms with Gasteiger partial charge in [-0.1, -0.05) is 0 Å². The third-order valence-electron chi connectivity index (χ3n) is 3.61. The number of rotatable bonds is 6. The van der Waals surface area contributed by atoms with E-state index in [1.165, 1.54) is 6.92 Å². The van der Waals surface area contributed by atoms with Gasteiger partial charge in [0.05, 0.1) is 7.11 Å². The number of benzene rings is 1. The summed E-state index contributed by atoms with van der Waals surface area (Å²) < 4.78 is 5.29. The molecule has 23 heavy (non-hydrogen) atoms. The lowest BCUT2D eigenvalue weighted by Crippen LogP contribution is -2.42. The van der Waals surface area contributed by atoms with Crippen molar-refractivity contribution in [2.75, 3.05) is 19.0 Å². The predicted molar refractivity (Wildman–Crippen MR) is 85.2 cm³/mol. The van der Waals surface area contributed by atoms with Crippen molar-refractivity contribution < 1.29 is 19.1 Å². The predicted octanol–water partition coefficient (Wildman–Crippen LogP) is 0.591. The Morgan fingerprint density at radius 3 is 2.78 bits per heavy atom. The quantitative estimate of drug-likeness (QED) is 0.715. The molecule has 0 spiro atoms. The average Bonchev–Trinajstić information content (AvgIpc) is 2.93. The van der Waals surface area contributed by atoms with Crippen LogP contribution in [0.4, 0.5) is 5.69 Å². The molecule has 1 saturated heterocycles. The molecule has 1 heterocycles. The molecule has 0 radical (unpaired) electrons. The zero-order chi connectivity index (χ0) is 16.8. The first-order valence-corrected chi connectivity index (χ1v) is 7.51. The highest BCUT2D eigenvalue weighted by atomic mass is 16.5. The summed E-state index contributed by atoms with van der Waals surface area (Å²) in [5.74, 6) is 0.288. The lowest BCUT2D eigenvalue weighted by Gasteiger charge is -2.13. The number of amides is 3.